The molecule has 0 aromatic heterocycles. The first-order chi connectivity index (χ1) is 21.3. The summed E-state index contributed by atoms with van der Waals surface area (Å²) < 4.78 is 13.7. The molecule has 2 aliphatic rings. The largest absolute Gasteiger partial charge is 0.481 e. The lowest BCUT2D eigenvalue weighted by molar-refractivity contribution is -0.170. The third-order valence-electron chi connectivity index (χ3n) is 8.88. The normalized spacial score (nSPS) is 18.6. The monoisotopic (exact) mass is 642 g/mol. The minimum Gasteiger partial charge on any atom is -0.481 e. The zero-order chi connectivity index (χ0) is 32.9. The van der Waals surface area contributed by atoms with Crippen molar-refractivity contribution < 1.29 is 44.0 Å². The molecule has 3 aromatic carbocycles. The number of hydrogen-bond donors (Lipinski definition) is 5. The number of likely N-dealkylation sites (tertiary alicyclic amines) is 1. The highest BCUT2D eigenvalue weighted by Gasteiger charge is 2.50. The van der Waals surface area contributed by atoms with E-state index in [1.54, 1.807) is 0 Å². The predicted molar refractivity (Wildman–Crippen MR) is 164 cm³/mol. The second-order valence-electron chi connectivity index (χ2n) is 11.7. The van der Waals surface area contributed by atoms with E-state index in [2.05, 4.69) is 24.4 Å². The van der Waals surface area contributed by atoms with Crippen LogP contribution in [0.3, 0.4) is 0 Å². The van der Waals surface area contributed by atoms with E-state index in [1.165, 1.54) is 12.1 Å². The van der Waals surface area contributed by atoms with Crippen LogP contribution in [0.15, 0.2) is 60.7 Å². The molecular formula is C33H36ClFN2O8. The fourth-order valence-electron chi connectivity index (χ4n) is 6.62. The molecule has 3 aromatic rings. The van der Waals surface area contributed by atoms with Gasteiger partial charge < -0.3 is 30.6 Å². The number of aliphatic carboxylic acids is 3. The highest BCUT2D eigenvalue weighted by Crippen LogP contribution is 2.47. The maximum atomic E-state index is 13.9. The fraction of sp³-hybridized carbons (Fsp3) is 0.394. The molecule has 5 rings (SSSR count). The van der Waals surface area contributed by atoms with E-state index >= 15 is 0 Å². The summed E-state index contributed by atoms with van der Waals surface area (Å²) in [5, 5.41) is 40.2. The maximum absolute atomic E-state index is 13.9. The van der Waals surface area contributed by atoms with Gasteiger partial charge in [0.05, 0.1) is 18.9 Å². The average molecular weight is 643 g/mol. The fourth-order valence-corrected chi connectivity index (χ4v) is 6.86. The Labute approximate surface area is 264 Å². The first-order valence-electron chi connectivity index (χ1n) is 14.6. The van der Waals surface area contributed by atoms with Gasteiger partial charge in [-0.25, -0.2) is 9.18 Å². The van der Waals surface area contributed by atoms with Crippen LogP contribution >= 0.6 is 11.6 Å². The number of nitrogens with zero attached hydrogens (tertiary/aromatic N) is 1. The number of benzene rings is 3. The van der Waals surface area contributed by atoms with Crippen molar-refractivity contribution in [2.24, 2.45) is 5.92 Å². The summed E-state index contributed by atoms with van der Waals surface area (Å²) in [7, 11) is 0. The molecule has 0 radical (unpaired) electrons. The third-order valence-corrected chi connectivity index (χ3v) is 9.10. The summed E-state index contributed by atoms with van der Waals surface area (Å²) in [5.74, 6) is -5.15. The summed E-state index contributed by atoms with van der Waals surface area (Å²) in [6, 6.07) is 18.9. The van der Waals surface area contributed by atoms with Crippen molar-refractivity contribution in [1.82, 2.24) is 10.2 Å². The van der Waals surface area contributed by atoms with Gasteiger partial charge in [-0.15, -0.1) is 0 Å². The summed E-state index contributed by atoms with van der Waals surface area (Å²) >= 11 is 6.44. The standard InChI is InChI=1S/C27H28ClFN2O.C6H8O7/c1-18(24-17-21(28)16-19-4-2-3-5-23(19)24)31-15-10-25(26(31)32)27(11-13-30-14-12-27)20-6-8-22(29)9-7-20;7-3(8)1-6(13,5(11)12)2-4(9)10/h2-9,16-18,25,30H,10-15H2,1H3;13H,1-2H2,(H,7,8)(H,9,10)(H,11,12)/t18-,25?;/m0./s1. The van der Waals surface area contributed by atoms with E-state index in [4.69, 9.17) is 32.0 Å². The molecule has 2 aliphatic heterocycles. The van der Waals surface area contributed by atoms with E-state index in [0.717, 1.165) is 60.8 Å². The summed E-state index contributed by atoms with van der Waals surface area (Å²) in [5.41, 5.74) is -0.817. The number of nitrogens with one attached hydrogen (secondary N) is 1. The molecule has 0 aliphatic carbocycles. The van der Waals surface area contributed by atoms with Gasteiger partial charge in [0, 0.05) is 22.9 Å². The lowest BCUT2D eigenvalue weighted by atomic mass is 9.64. The quantitative estimate of drug-likeness (QED) is 0.224. The van der Waals surface area contributed by atoms with Crippen molar-refractivity contribution in [2.75, 3.05) is 19.6 Å². The minimum atomic E-state index is -2.74. The average Bonchev–Trinajstić information content (AvgIpc) is 3.38. The number of hydrogen-bond acceptors (Lipinski definition) is 6. The Morgan fingerprint density at radius 3 is 2.20 bits per heavy atom. The van der Waals surface area contributed by atoms with Gasteiger partial charge in [0.2, 0.25) is 5.91 Å². The topological polar surface area (TPSA) is 164 Å². The van der Waals surface area contributed by atoms with E-state index in [0.29, 0.717) is 5.02 Å². The molecule has 10 nitrogen and oxygen atoms in total. The number of carbonyl (C=O) groups is 4. The smallest absolute Gasteiger partial charge is 0.336 e. The number of fused-ring (bicyclic) bond motifs is 1. The van der Waals surface area contributed by atoms with Gasteiger partial charge in [-0.05, 0) is 85.4 Å². The first-order valence-corrected chi connectivity index (χ1v) is 15.0. The van der Waals surface area contributed by atoms with Gasteiger partial charge in [-0.2, -0.15) is 0 Å². The maximum Gasteiger partial charge on any atom is 0.336 e. The second-order valence-corrected chi connectivity index (χ2v) is 12.1. The van der Waals surface area contributed by atoms with Crippen molar-refractivity contribution in [3.05, 3.63) is 82.6 Å². The summed E-state index contributed by atoms with van der Waals surface area (Å²) in [6.07, 6.45) is 0.303. The van der Waals surface area contributed by atoms with Crippen LogP contribution in [-0.2, 0) is 24.6 Å². The Hall–Kier alpha value is -4.06. The second kappa shape index (κ2) is 13.9. The SMILES string of the molecule is C[C@@H](c1cc(Cl)cc2ccccc12)N1CCC(C2(c3ccc(F)cc3)CCNCC2)C1=O.O=C(O)CC(O)(CC(=O)O)C(=O)O. The molecule has 1 unspecified atom stereocenters. The van der Waals surface area contributed by atoms with Crippen LogP contribution in [0.4, 0.5) is 4.39 Å². The van der Waals surface area contributed by atoms with Crippen LogP contribution in [0.1, 0.15) is 56.2 Å². The molecule has 0 bridgehead atoms. The number of carboxylic acid groups (broad SMARTS) is 3. The van der Waals surface area contributed by atoms with Gasteiger partial charge in [-0.3, -0.25) is 14.4 Å². The van der Waals surface area contributed by atoms with Gasteiger partial charge in [0.25, 0.3) is 0 Å². The van der Waals surface area contributed by atoms with Crippen molar-refractivity contribution in [2.45, 2.75) is 56.1 Å². The lowest BCUT2D eigenvalue weighted by Gasteiger charge is -2.42. The molecule has 0 saturated carbocycles. The Balaban J connectivity index is 0.000000302. The Kier molecular flexibility index (Phi) is 10.5. The van der Waals surface area contributed by atoms with E-state index in [-0.39, 0.29) is 29.1 Å². The number of carbonyl (C=O) groups excluding carboxylic acids is 1. The van der Waals surface area contributed by atoms with Crippen molar-refractivity contribution in [3.63, 3.8) is 0 Å². The van der Waals surface area contributed by atoms with E-state index in [1.807, 2.05) is 41.3 Å². The van der Waals surface area contributed by atoms with Crippen LogP contribution < -0.4 is 5.32 Å². The van der Waals surface area contributed by atoms with Crippen LogP contribution in [-0.4, -0.2) is 74.4 Å². The predicted octanol–water partition coefficient (Wildman–Crippen LogP) is 4.61. The molecule has 1 amide bonds. The Bertz CT molecular complexity index is 1560. The number of rotatable bonds is 9. The molecule has 45 heavy (non-hydrogen) atoms. The Morgan fingerprint density at radius 1 is 1.02 bits per heavy atom. The molecule has 12 heteroatoms. The number of carboxylic acids is 3. The van der Waals surface area contributed by atoms with Gasteiger partial charge in [-0.1, -0.05) is 48.0 Å². The molecule has 240 valence electrons. The molecule has 0 spiro atoms. The zero-order valence-electron chi connectivity index (χ0n) is 24.7. The number of halogens is 2. The molecule has 5 N–H and O–H groups in total. The Morgan fingerprint density at radius 2 is 1.62 bits per heavy atom. The van der Waals surface area contributed by atoms with Crippen molar-refractivity contribution in [3.8, 4) is 0 Å². The number of amides is 1. The van der Waals surface area contributed by atoms with Crippen LogP contribution in [0.5, 0.6) is 0 Å². The highest BCUT2D eigenvalue weighted by molar-refractivity contribution is 6.31. The van der Waals surface area contributed by atoms with E-state index < -0.39 is 36.4 Å². The van der Waals surface area contributed by atoms with E-state index in [9.17, 15) is 23.6 Å². The van der Waals surface area contributed by atoms with Gasteiger partial charge in [0.15, 0.2) is 5.60 Å². The highest BCUT2D eigenvalue weighted by atomic mass is 35.5. The first kappa shape index (κ1) is 33.8. The zero-order valence-corrected chi connectivity index (χ0v) is 25.5. The number of aliphatic hydroxyl groups is 1. The van der Waals surface area contributed by atoms with Gasteiger partial charge >= 0.3 is 17.9 Å². The van der Waals surface area contributed by atoms with Gasteiger partial charge in [0.1, 0.15) is 5.82 Å². The third kappa shape index (κ3) is 7.43. The minimum absolute atomic E-state index is 0.0666. The van der Waals surface area contributed by atoms with Crippen molar-refractivity contribution >= 4 is 46.2 Å². The van der Waals surface area contributed by atoms with Crippen LogP contribution in [0.2, 0.25) is 5.02 Å². The molecule has 2 fully saturated rings. The number of piperidine rings is 1. The molecular weight excluding hydrogens is 607 g/mol. The lowest BCUT2D eigenvalue weighted by Crippen LogP contribution is -2.48. The van der Waals surface area contributed by atoms with Crippen LogP contribution in [0.25, 0.3) is 10.8 Å². The summed E-state index contributed by atoms with van der Waals surface area (Å²) in [4.78, 5) is 46.4. The molecule has 2 saturated heterocycles. The molecule has 2 atom stereocenters. The van der Waals surface area contributed by atoms with Crippen molar-refractivity contribution in [1.29, 1.82) is 0 Å². The molecule has 2 heterocycles. The summed E-state index contributed by atoms with van der Waals surface area (Å²) in [6.45, 7) is 4.57. The van der Waals surface area contributed by atoms with Crippen LogP contribution in [0, 0.1) is 11.7 Å².